The molecule has 110 valence electrons. The van der Waals surface area contributed by atoms with Gasteiger partial charge in [-0.25, -0.2) is 4.98 Å². The fraction of sp³-hybridized carbons (Fsp3) is 0.312. The molecule has 0 spiro atoms. The molecule has 0 bridgehead atoms. The molecule has 2 rings (SSSR count). The molecule has 1 aromatic carbocycles. The molecule has 21 heavy (non-hydrogen) atoms. The first-order valence-corrected chi connectivity index (χ1v) is 7.51. The second-order valence-corrected chi connectivity index (χ2v) is 6.00. The van der Waals surface area contributed by atoms with Gasteiger partial charge in [0, 0.05) is 10.9 Å². The van der Waals surface area contributed by atoms with Gasteiger partial charge in [0.15, 0.2) is 6.61 Å². The number of esters is 1. The Morgan fingerprint density at radius 2 is 2.00 bits per heavy atom. The smallest absolute Gasteiger partial charge is 0.312 e. The molecular formula is C16H17NO3S. The Morgan fingerprint density at radius 1 is 1.24 bits per heavy atom. The third kappa shape index (κ3) is 4.23. The number of rotatable bonds is 5. The van der Waals surface area contributed by atoms with Gasteiger partial charge < -0.3 is 4.74 Å². The summed E-state index contributed by atoms with van der Waals surface area (Å²) < 4.78 is 5.04. The van der Waals surface area contributed by atoms with Crippen LogP contribution < -0.4 is 0 Å². The molecule has 0 aliphatic rings. The van der Waals surface area contributed by atoms with Crippen molar-refractivity contribution in [3.8, 4) is 0 Å². The largest absolute Gasteiger partial charge is 0.457 e. The number of thiazole rings is 1. The van der Waals surface area contributed by atoms with E-state index < -0.39 is 5.97 Å². The summed E-state index contributed by atoms with van der Waals surface area (Å²) in [5.74, 6) is -0.613. The van der Waals surface area contributed by atoms with Crippen LogP contribution in [-0.4, -0.2) is 23.3 Å². The lowest BCUT2D eigenvalue weighted by Crippen LogP contribution is -2.16. The first kappa shape index (κ1) is 15.4. The lowest BCUT2D eigenvalue weighted by molar-refractivity contribution is -0.141. The Bertz CT molecular complexity index is 676. The highest BCUT2D eigenvalue weighted by atomic mass is 32.1. The number of ketones is 1. The van der Waals surface area contributed by atoms with Crippen LogP contribution in [0.25, 0.3) is 0 Å². The fourth-order valence-electron chi connectivity index (χ4n) is 1.95. The van der Waals surface area contributed by atoms with E-state index in [2.05, 4.69) is 4.98 Å². The summed E-state index contributed by atoms with van der Waals surface area (Å²) in [4.78, 5) is 28.0. The van der Waals surface area contributed by atoms with Gasteiger partial charge in [0.25, 0.3) is 0 Å². The maximum Gasteiger partial charge on any atom is 0.312 e. The number of aryl methyl sites for hydroxylation is 3. The van der Waals surface area contributed by atoms with Gasteiger partial charge in [-0.2, -0.15) is 0 Å². The molecule has 0 N–H and O–H groups in total. The summed E-state index contributed by atoms with van der Waals surface area (Å²) in [5, 5.41) is 2.73. The molecule has 0 aliphatic carbocycles. The molecule has 0 amide bonds. The van der Waals surface area contributed by atoms with Crippen molar-refractivity contribution in [2.45, 2.75) is 27.2 Å². The molecule has 0 radical (unpaired) electrons. The SMILES string of the molecule is Cc1ccc(C)c(C(=O)COC(=O)Cc2csc(C)n2)c1. The van der Waals surface area contributed by atoms with E-state index in [9.17, 15) is 9.59 Å². The van der Waals surface area contributed by atoms with E-state index in [-0.39, 0.29) is 18.8 Å². The predicted octanol–water partition coefficient (Wildman–Crippen LogP) is 3.04. The van der Waals surface area contributed by atoms with E-state index in [1.165, 1.54) is 11.3 Å². The fourth-order valence-corrected chi connectivity index (χ4v) is 2.56. The number of hydrogen-bond donors (Lipinski definition) is 0. The maximum atomic E-state index is 12.1. The van der Waals surface area contributed by atoms with Gasteiger partial charge in [-0.1, -0.05) is 17.7 Å². The average molecular weight is 303 g/mol. The number of carbonyl (C=O) groups excluding carboxylic acids is 2. The number of carbonyl (C=O) groups is 2. The lowest BCUT2D eigenvalue weighted by Gasteiger charge is -2.07. The molecule has 1 heterocycles. The Kier molecular flexibility index (Phi) is 4.85. The van der Waals surface area contributed by atoms with Crippen molar-refractivity contribution < 1.29 is 14.3 Å². The molecule has 2 aromatic rings. The van der Waals surface area contributed by atoms with E-state index >= 15 is 0 Å². The van der Waals surface area contributed by atoms with Crippen LogP contribution in [0.3, 0.4) is 0 Å². The Hall–Kier alpha value is -2.01. The van der Waals surface area contributed by atoms with Crippen molar-refractivity contribution >= 4 is 23.1 Å². The minimum absolute atomic E-state index is 0.102. The quantitative estimate of drug-likeness (QED) is 0.629. The van der Waals surface area contributed by atoms with E-state index in [0.717, 1.165) is 16.1 Å². The van der Waals surface area contributed by atoms with Crippen LogP contribution in [-0.2, 0) is 16.0 Å². The van der Waals surface area contributed by atoms with Crippen molar-refractivity contribution in [2.24, 2.45) is 0 Å². The third-order valence-electron chi connectivity index (χ3n) is 3.05. The van der Waals surface area contributed by atoms with Gasteiger partial charge in [-0.3, -0.25) is 9.59 Å². The standard InChI is InChI=1S/C16H17NO3S/c1-10-4-5-11(2)14(6-10)15(18)8-20-16(19)7-13-9-21-12(3)17-13/h4-6,9H,7-8H2,1-3H3. The highest BCUT2D eigenvalue weighted by Gasteiger charge is 2.13. The van der Waals surface area contributed by atoms with Crippen LogP contribution in [0.1, 0.15) is 32.2 Å². The van der Waals surface area contributed by atoms with Gasteiger partial charge in [0.2, 0.25) is 5.78 Å². The summed E-state index contributed by atoms with van der Waals surface area (Å²) in [6.07, 6.45) is 0.102. The topological polar surface area (TPSA) is 56.3 Å². The van der Waals surface area contributed by atoms with Crippen LogP contribution in [0.4, 0.5) is 0 Å². The highest BCUT2D eigenvalue weighted by molar-refractivity contribution is 7.09. The first-order valence-electron chi connectivity index (χ1n) is 6.63. The summed E-state index contributed by atoms with van der Waals surface area (Å²) >= 11 is 1.49. The summed E-state index contributed by atoms with van der Waals surface area (Å²) in [5.41, 5.74) is 3.18. The molecule has 0 aliphatic heterocycles. The van der Waals surface area contributed by atoms with Crippen molar-refractivity contribution in [3.63, 3.8) is 0 Å². The van der Waals surface area contributed by atoms with Crippen LogP contribution in [0.15, 0.2) is 23.6 Å². The molecule has 0 saturated carbocycles. The van der Waals surface area contributed by atoms with E-state index in [1.54, 1.807) is 0 Å². The molecule has 1 aromatic heterocycles. The van der Waals surface area contributed by atoms with Crippen molar-refractivity contribution in [2.75, 3.05) is 6.61 Å². The Balaban J connectivity index is 1.91. The minimum atomic E-state index is -0.432. The van der Waals surface area contributed by atoms with Crippen LogP contribution in [0.2, 0.25) is 0 Å². The molecular weight excluding hydrogens is 286 g/mol. The zero-order valence-corrected chi connectivity index (χ0v) is 13.1. The van der Waals surface area contributed by atoms with Crippen LogP contribution >= 0.6 is 11.3 Å². The second-order valence-electron chi connectivity index (χ2n) is 4.94. The first-order chi connectivity index (χ1) is 9.95. The number of aromatic nitrogens is 1. The molecule has 0 atom stereocenters. The number of benzene rings is 1. The minimum Gasteiger partial charge on any atom is -0.457 e. The predicted molar refractivity (Wildman–Crippen MR) is 81.8 cm³/mol. The van der Waals surface area contributed by atoms with E-state index in [0.29, 0.717) is 11.3 Å². The van der Waals surface area contributed by atoms with Gasteiger partial charge in [-0.05, 0) is 32.4 Å². The Morgan fingerprint density at radius 3 is 2.67 bits per heavy atom. The van der Waals surface area contributed by atoms with Gasteiger partial charge >= 0.3 is 5.97 Å². The molecule has 5 heteroatoms. The van der Waals surface area contributed by atoms with Crippen molar-refractivity contribution in [1.29, 1.82) is 0 Å². The summed E-state index contributed by atoms with van der Waals surface area (Å²) in [7, 11) is 0. The second kappa shape index (κ2) is 6.63. The Labute approximate surface area is 127 Å². The number of Topliss-reactive ketones (excluding diaryl/α,β-unsaturated/α-hetero) is 1. The highest BCUT2D eigenvalue weighted by Crippen LogP contribution is 2.12. The third-order valence-corrected chi connectivity index (χ3v) is 3.87. The zero-order chi connectivity index (χ0) is 15.4. The van der Waals surface area contributed by atoms with Crippen LogP contribution in [0.5, 0.6) is 0 Å². The summed E-state index contributed by atoms with van der Waals surface area (Å²) in [6.45, 7) is 5.44. The van der Waals surface area contributed by atoms with Crippen molar-refractivity contribution in [3.05, 3.63) is 51.0 Å². The monoisotopic (exact) mass is 303 g/mol. The molecule has 4 nitrogen and oxygen atoms in total. The van der Waals surface area contributed by atoms with E-state index in [1.807, 2.05) is 44.4 Å². The maximum absolute atomic E-state index is 12.1. The molecule has 0 unspecified atom stereocenters. The number of nitrogens with zero attached hydrogens (tertiary/aromatic N) is 1. The van der Waals surface area contributed by atoms with Gasteiger partial charge in [-0.15, -0.1) is 11.3 Å². The van der Waals surface area contributed by atoms with Crippen molar-refractivity contribution in [1.82, 2.24) is 4.98 Å². The van der Waals surface area contributed by atoms with E-state index in [4.69, 9.17) is 4.74 Å². The number of ether oxygens (including phenoxy) is 1. The lowest BCUT2D eigenvalue weighted by atomic mass is 10.0. The van der Waals surface area contributed by atoms with Gasteiger partial charge in [0.05, 0.1) is 17.1 Å². The number of hydrogen-bond acceptors (Lipinski definition) is 5. The molecule has 0 saturated heterocycles. The average Bonchev–Trinajstić information content (AvgIpc) is 2.84. The normalized spacial score (nSPS) is 10.4. The summed E-state index contributed by atoms with van der Waals surface area (Å²) in [6, 6.07) is 5.65. The van der Waals surface area contributed by atoms with Gasteiger partial charge in [0.1, 0.15) is 0 Å². The van der Waals surface area contributed by atoms with Crippen LogP contribution in [0, 0.1) is 20.8 Å². The zero-order valence-electron chi connectivity index (χ0n) is 12.3. The molecule has 0 fully saturated rings.